The van der Waals surface area contributed by atoms with Gasteiger partial charge < -0.3 is 9.84 Å². The first-order chi connectivity index (χ1) is 9.31. The number of nitrogens with one attached hydrogen (secondary N) is 1. The number of hydrogen-bond acceptors (Lipinski definition) is 5. The van der Waals surface area contributed by atoms with E-state index in [0.29, 0.717) is 18.4 Å². The highest BCUT2D eigenvalue weighted by atomic mass is 32.1. The van der Waals surface area contributed by atoms with Crippen LogP contribution in [0, 0.1) is 6.92 Å². The fourth-order valence-electron chi connectivity index (χ4n) is 1.74. The molecule has 3 aromatic rings. The number of aromatic nitrogens is 2. The molecule has 2 heterocycles. The SMILES string of the molecule is Cc1ccc(CNc2noc(-c3ccccc3)n2)s1. The minimum atomic E-state index is 0.518. The molecular weight excluding hydrogens is 258 g/mol. The Kier molecular flexibility index (Phi) is 3.29. The van der Waals surface area contributed by atoms with E-state index in [0.717, 1.165) is 5.56 Å². The van der Waals surface area contributed by atoms with E-state index in [9.17, 15) is 0 Å². The van der Waals surface area contributed by atoms with Crippen LogP contribution in [0.15, 0.2) is 47.0 Å². The molecule has 0 aliphatic rings. The summed E-state index contributed by atoms with van der Waals surface area (Å²) in [6, 6.07) is 13.9. The Morgan fingerprint density at radius 2 is 2.00 bits per heavy atom. The molecule has 96 valence electrons. The third kappa shape index (κ3) is 2.82. The van der Waals surface area contributed by atoms with E-state index in [-0.39, 0.29) is 0 Å². The average Bonchev–Trinajstić information content (AvgIpc) is 3.06. The zero-order chi connectivity index (χ0) is 13.1. The van der Waals surface area contributed by atoms with Crippen molar-refractivity contribution in [3.8, 4) is 11.5 Å². The van der Waals surface area contributed by atoms with Gasteiger partial charge in [0.15, 0.2) is 0 Å². The quantitative estimate of drug-likeness (QED) is 0.785. The maximum absolute atomic E-state index is 5.22. The van der Waals surface area contributed by atoms with Crippen molar-refractivity contribution in [1.82, 2.24) is 10.1 Å². The van der Waals surface area contributed by atoms with Gasteiger partial charge in [-0.2, -0.15) is 4.98 Å². The fourth-order valence-corrected chi connectivity index (χ4v) is 2.57. The molecule has 0 saturated heterocycles. The fraction of sp³-hybridized carbons (Fsp3) is 0.143. The molecule has 1 N–H and O–H groups in total. The van der Waals surface area contributed by atoms with Crippen molar-refractivity contribution in [1.29, 1.82) is 0 Å². The largest absolute Gasteiger partial charge is 0.347 e. The zero-order valence-electron chi connectivity index (χ0n) is 10.5. The molecule has 3 rings (SSSR count). The van der Waals surface area contributed by atoms with Crippen molar-refractivity contribution in [3.05, 3.63) is 52.2 Å². The van der Waals surface area contributed by atoms with Crippen molar-refractivity contribution < 1.29 is 4.52 Å². The molecule has 0 spiro atoms. The molecule has 0 aliphatic carbocycles. The molecule has 19 heavy (non-hydrogen) atoms. The number of benzene rings is 1. The highest BCUT2D eigenvalue weighted by Crippen LogP contribution is 2.19. The molecule has 5 heteroatoms. The lowest BCUT2D eigenvalue weighted by atomic mass is 10.2. The van der Waals surface area contributed by atoms with Gasteiger partial charge >= 0.3 is 0 Å². The molecule has 1 aromatic carbocycles. The zero-order valence-corrected chi connectivity index (χ0v) is 11.3. The van der Waals surface area contributed by atoms with Crippen LogP contribution in [0.4, 0.5) is 5.95 Å². The predicted molar refractivity (Wildman–Crippen MR) is 76.1 cm³/mol. The molecular formula is C14H13N3OS. The van der Waals surface area contributed by atoms with Crippen LogP contribution < -0.4 is 5.32 Å². The van der Waals surface area contributed by atoms with Crippen LogP contribution in [0.5, 0.6) is 0 Å². The Labute approximate surface area is 115 Å². The lowest BCUT2D eigenvalue weighted by Crippen LogP contribution is -1.98. The third-order valence-electron chi connectivity index (χ3n) is 2.66. The van der Waals surface area contributed by atoms with Crippen LogP contribution >= 0.6 is 11.3 Å². The number of rotatable bonds is 4. The standard InChI is InChI=1S/C14H13N3OS/c1-10-7-8-12(19-10)9-15-14-16-13(18-17-14)11-5-3-2-4-6-11/h2-8H,9H2,1H3,(H,15,17). The summed E-state index contributed by atoms with van der Waals surface area (Å²) in [4.78, 5) is 6.87. The molecule has 0 saturated carbocycles. The highest BCUT2D eigenvalue weighted by Gasteiger charge is 2.07. The molecule has 0 aliphatic heterocycles. The van der Waals surface area contributed by atoms with E-state index < -0.39 is 0 Å². The Morgan fingerprint density at radius 3 is 2.74 bits per heavy atom. The van der Waals surface area contributed by atoms with Crippen LogP contribution in [0.2, 0.25) is 0 Å². The monoisotopic (exact) mass is 271 g/mol. The maximum atomic E-state index is 5.22. The Hall–Kier alpha value is -2.14. The summed E-state index contributed by atoms with van der Waals surface area (Å²) in [6.07, 6.45) is 0. The number of hydrogen-bond donors (Lipinski definition) is 1. The van der Waals surface area contributed by atoms with E-state index in [1.807, 2.05) is 30.3 Å². The van der Waals surface area contributed by atoms with Gasteiger partial charge in [0.1, 0.15) is 0 Å². The van der Waals surface area contributed by atoms with Crippen LogP contribution in [0.25, 0.3) is 11.5 Å². The van der Waals surface area contributed by atoms with E-state index >= 15 is 0 Å². The second-order valence-electron chi connectivity index (χ2n) is 4.16. The molecule has 0 radical (unpaired) electrons. The number of aryl methyl sites for hydroxylation is 1. The van der Waals surface area contributed by atoms with Crippen molar-refractivity contribution in [2.45, 2.75) is 13.5 Å². The van der Waals surface area contributed by atoms with Crippen molar-refractivity contribution in [3.63, 3.8) is 0 Å². The number of nitrogens with zero attached hydrogens (tertiary/aromatic N) is 2. The van der Waals surface area contributed by atoms with Crippen LogP contribution in [-0.4, -0.2) is 10.1 Å². The van der Waals surface area contributed by atoms with E-state index in [1.54, 1.807) is 11.3 Å². The van der Waals surface area contributed by atoms with Gasteiger partial charge in [-0.05, 0) is 36.3 Å². The Balaban J connectivity index is 1.68. The van der Waals surface area contributed by atoms with Crippen LogP contribution in [-0.2, 0) is 6.54 Å². The Bertz CT molecular complexity index is 660. The summed E-state index contributed by atoms with van der Waals surface area (Å²) in [5.74, 6) is 1.05. The average molecular weight is 271 g/mol. The summed E-state index contributed by atoms with van der Waals surface area (Å²) in [5, 5.41) is 7.08. The van der Waals surface area contributed by atoms with E-state index in [2.05, 4.69) is 34.5 Å². The van der Waals surface area contributed by atoms with Gasteiger partial charge in [0.25, 0.3) is 11.8 Å². The summed E-state index contributed by atoms with van der Waals surface area (Å²) in [5.41, 5.74) is 0.926. The van der Waals surface area contributed by atoms with Gasteiger partial charge in [-0.15, -0.1) is 11.3 Å². The van der Waals surface area contributed by atoms with E-state index in [4.69, 9.17) is 4.52 Å². The van der Waals surface area contributed by atoms with Crippen LogP contribution in [0.1, 0.15) is 9.75 Å². The second kappa shape index (κ2) is 5.24. The van der Waals surface area contributed by atoms with Gasteiger partial charge in [-0.25, -0.2) is 0 Å². The van der Waals surface area contributed by atoms with Gasteiger partial charge in [-0.1, -0.05) is 18.2 Å². The molecule has 0 fully saturated rings. The molecule has 4 nitrogen and oxygen atoms in total. The minimum absolute atomic E-state index is 0.518. The predicted octanol–water partition coefficient (Wildman–Crippen LogP) is 3.72. The molecule has 0 unspecified atom stereocenters. The number of thiophene rings is 1. The van der Waals surface area contributed by atoms with Gasteiger partial charge in [0.05, 0.1) is 6.54 Å². The van der Waals surface area contributed by atoms with Crippen molar-refractivity contribution >= 4 is 17.3 Å². The highest BCUT2D eigenvalue weighted by molar-refractivity contribution is 7.11. The maximum Gasteiger partial charge on any atom is 0.264 e. The first kappa shape index (κ1) is 11.9. The topological polar surface area (TPSA) is 51.0 Å². The van der Waals surface area contributed by atoms with Crippen molar-refractivity contribution in [2.75, 3.05) is 5.32 Å². The summed E-state index contributed by atoms with van der Waals surface area (Å²) < 4.78 is 5.22. The van der Waals surface area contributed by atoms with Gasteiger partial charge in [0.2, 0.25) is 0 Å². The van der Waals surface area contributed by atoms with Gasteiger partial charge in [0, 0.05) is 15.3 Å². The minimum Gasteiger partial charge on any atom is -0.347 e. The van der Waals surface area contributed by atoms with Crippen molar-refractivity contribution in [2.24, 2.45) is 0 Å². The normalized spacial score (nSPS) is 10.6. The first-order valence-electron chi connectivity index (χ1n) is 5.99. The second-order valence-corrected chi connectivity index (χ2v) is 5.53. The Morgan fingerprint density at radius 1 is 1.16 bits per heavy atom. The lowest BCUT2D eigenvalue weighted by molar-refractivity contribution is 0.432. The smallest absolute Gasteiger partial charge is 0.264 e. The summed E-state index contributed by atoms with van der Waals surface area (Å²) in [6.45, 7) is 2.81. The third-order valence-corrected chi connectivity index (χ3v) is 3.66. The number of anilines is 1. The van der Waals surface area contributed by atoms with Gasteiger partial charge in [-0.3, -0.25) is 0 Å². The van der Waals surface area contributed by atoms with Crippen LogP contribution in [0.3, 0.4) is 0 Å². The molecule has 0 amide bonds. The molecule has 0 atom stereocenters. The summed E-state index contributed by atoms with van der Waals surface area (Å²) in [7, 11) is 0. The van der Waals surface area contributed by atoms with E-state index in [1.165, 1.54) is 9.75 Å². The summed E-state index contributed by atoms with van der Waals surface area (Å²) >= 11 is 1.76. The first-order valence-corrected chi connectivity index (χ1v) is 6.81. The lowest BCUT2D eigenvalue weighted by Gasteiger charge is -1.96. The molecule has 2 aromatic heterocycles. The molecule has 0 bridgehead atoms.